The molecule has 0 heterocycles. The summed E-state index contributed by atoms with van der Waals surface area (Å²) in [5, 5.41) is 0. The van der Waals surface area contributed by atoms with E-state index in [2.05, 4.69) is 22.9 Å². The lowest BCUT2D eigenvalue weighted by Crippen LogP contribution is -2.28. The molecule has 0 aliphatic heterocycles. The van der Waals surface area contributed by atoms with Crippen LogP contribution in [-0.4, -0.2) is 6.61 Å². The highest BCUT2D eigenvalue weighted by atomic mass is 79.9. The van der Waals surface area contributed by atoms with Crippen molar-refractivity contribution in [2.75, 3.05) is 6.61 Å². The summed E-state index contributed by atoms with van der Waals surface area (Å²) in [6, 6.07) is 8.04. The first-order valence-corrected chi connectivity index (χ1v) is 5.93. The number of ether oxygens (including phenoxy) is 1. The molecule has 0 unspecified atom stereocenters. The van der Waals surface area contributed by atoms with Gasteiger partial charge >= 0.3 is 0 Å². The van der Waals surface area contributed by atoms with E-state index in [4.69, 9.17) is 4.74 Å². The van der Waals surface area contributed by atoms with Gasteiger partial charge in [0.05, 0.1) is 6.61 Å². The molecule has 1 saturated carbocycles. The molecule has 1 aromatic carbocycles. The Bertz CT molecular complexity index is 311. The zero-order valence-electron chi connectivity index (χ0n) is 8.37. The maximum absolute atomic E-state index is 5.73. The van der Waals surface area contributed by atoms with Crippen LogP contribution >= 0.6 is 15.9 Å². The van der Waals surface area contributed by atoms with E-state index in [-0.39, 0.29) is 0 Å². The summed E-state index contributed by atoms with van der Waals surface area (Å²) in [7, 11) is 0. The van der Waals surface area contributed by atoms with Crippen LogP contribution in [0.3, 0.4) is 0 Å². The second kappa shape index (κ2) is 4.35. The van der Waals surface area contributed by atoms with Gasteiger partial charge < -0.3 is 4.74 Å². The lowest BCUT2D eigenvalue weighted by atomic mass is 9.75. The van der Waals surface area contributed by atoms with Gasteiger partial charge in [0.25, 0.3) is 0 Å². The summed E-state index contributed by atoms with van der Waals surface area (Å²) in [5.74, 6) is 2.59. The molecule has 0 spiro atoms. The Morgan fingerprint density at radius 3 is 2.86 bits per heavy atom. The van der Waals surface area contributed by atoms with Crippen LogP contribution in [0.1, 0.15) is 19.8 Å². The molecule has 0 aromatic heterocycles. The third kappa shape index (κ3) is 2.30. The van der Waals surface area contributed by atoms with Crippen LogP contribution in [-0.2, 0) is 0 Å². The zero-order chi connectivity index (χ0) is 9.97. The van der Waals surface area contributed by atoms with Gasteiger partial charge in [0.15, 0.2) is 0 Å². The first-order chi connectivity index (χ1) is 6.75. The van der Waals surface area contributed by atoms with Crippen LogP contribution in [0.25, 0.3) is 0 Å². The summed E-state index contributed by atoms with van der Waals surface area (Å²) in [6.45, 7) is 3.18. The number of benzene rings is 1. The molecule has 1 aromatic rings. The standard InChI is InChI=1S/C12H15BrO/c1-9-5-6-10(9)8-14-12-4-2-3-11(13)7-12/h2-4,7,9-10H,5-6,8H2,1H3/t9-,10+/m0/s1. The fourth-order valence-electron chi connectivity index (χ4n) is 1.74. The van der Waals surface area contributed by atoms with Gasteiger partial charge in [-0.25, -0.2) is 0 Å². The van der Waals surface area contributed by atoms with Gasteiger partial charge in [-0.15, -0.1) is 0 Å². The Morgan fingerprint density at radius 1 is 1.43 bits per heavy atom. The van der Waals surface area contributed by atoms with Crippen molar-refractivity contribution in [2.24, 2.45) is 11.8 Å². The van der Waals surface area contributed by atoms with Gasteiger partial charge in [0.1, 0.15) is 5.75 Å². The van der Waals surface area contributed by atoms with Crippen molar-refractivity contribution in [1.82, 2.24) is 0 Å². The maximum atomic E-state index is 5.73. The van der Waals surface area contributed by atoms with Crippen LogP contribution in [0.5, 0.6) is 5.75 Å². The minimum Gasteiger partial charge on any atom is -0.493 e. The quantitative estimate of drug-likeness (QED) is 0.796. The topological polar surface area (TPSA) is 9.23 Å². The number of hydrogen-bond donors (Lipinski definition) is 0. The SMILES string of the molecule is C[C@H]1CC[C@@H]1COc1cccc(Br)c1. The molecule has 2 atom stereocenters. The summed E-state index contributed by atoms with van der Waals surface area (Å²) in [4.78, 5) is 0. The largest absolute Gasteiger partial charge is 0.493 e. The average molecular weight is 255 g/mol. The highest BCUT2D eigenvalue weighted by molar-refractivity contribution is 9.10. The zero-order valence-corrected chi connectivity index (χ0v) is 9.96. The van der Waals surface area contributed by atoms with Crippen LogP contribution < -0.4 is 4.74 Å². The van der Waals surface area contributed by atoms with E-state index in [1.807, 2.05) is 24.3 Å². The molecule has 0 saturated heterocycles. The smallest absolute Gasteiger partial charge is 0.120 e. The van der Waals surface area contributed by atoms with Gasteiger partial charge in [0.2, 0.25) is 0 Å². The molecule has 2 heteroatoms. The first-order valence-electron chi connectivity index (χ1n) is 5.14. The van der Waals surface area contributed by atoms with Gasteiger partial charge in [-0.1, -0.05) is 28.9 Å². The molecule has 1 aliphatic carbocycles. The molecule has 14 heavy (non-hydrogen) atoms. The van der Waals surface area contributed by atoms with E-state index < -0.39 is 0 Å². The Balaban J connectivity index is 1.85. The Morgan fingerprint density at radius 2 is 2.29 bits per heavy atom. The van der Waals surface area contributed by atoms with E-state index in [9.17, 15) is 0 Å². The van der Waals surface area contributed by atoms with Crippen molar-refractivity contribution in [3.63, 3.8) is 0 Å². The van der Waals surface area contributed by atoms with Gasteiger partial charge in [-0.3, -0.25) is 0 Å². The average Bonchev–Trinajstić information content (AvgIpc) is 2.16. The van der Waals surface area contributed by atoms with Crippen LogP contribution in [0.2, 0.25) is 0 Å². The number of rotatable bonds is 3. The van der Waals surface area contributed by atoms with Crippen LogP contribution in [0, 0.1) is 11.8 Å². The number of halogens is 1. The van der Waals surface area contributed by atoms with Crippen molar-refractivity contribution in [1.29, 1.82) is 0 Å². The van der Waals surface area contributed by atoms with E-state index >= 15 is 0 Å². The predicted molar refractivity (Wildman–Crippen MR) is 61.5 cm³/mol. The highest BCUT2D eigenvalue weighted by Gasteiger charge is 2.26. The second-order valence-corrected chi connectivity index (χ2v) is 5.00. The minimum atomic E-state index is 0.772. The van der Waals surface area contributed by atoms with Crippen molar-refractivity contribution >= 4 is 15.9 Å². The van der Waals surface area contributed by atoms with Crippen LogP contribution in [0.15, 0.2) is 28.7 Å². The summed E-state index contributed by atoms with van der Waals surface area (Å²) < 4.78 is 6.81. The molecule has 2 rings (SSSR count). The first kappa shape index (κ1) is 10.0. The molecule has 0 amide bonds. The Hall–Kier alpha value is -0.500. The number of hydrogen-bond acceptors (Lipinski definition) is 1. The predicted octanol–water partition coefficient (Wildman–Crippen LogP) is 3.87. The molecule has 1 fully saturated rings. The fourth-order valence-corrected chi connectivity index (χ4v) is 2.12. The maximum Gasteiger partial charge on any atom is 0.120 e. The Labute approximate surface area is 93.6 Å². The van der Waals surface area contributed by atoms with Gasteiger partial charge in [-0.2, -0.15) is 0 Å². The molecule has 0 radical (unpaired) electrons. The van der Waals surface area contributed by atoms with E-state index in [1.54, 1.807) is 0 Å². The minimum absolute atomic E-state index is 0.772. The molecular formula is C12H15BrO. The van der Waals surface area contributed by atoms with Crippen molar-refractivity contribution < 1.29 is 4.74 Å². The summed E-state index contributed by atoms with van der Waals surface area (Å²) in [6.07, 6.45) is 2.70. The Kier molecular flexibility index (Phi) is 3.12. The van der Waals surface area contributed by atoms with E-state index in [0.29, 0.717) is 0 Å². The lowest BCUT2D eigenvalue weighted by Gasteiger charge is -2.33. The van der Waals surface area contributed by atoms with Crippen LogP contribution in [0.4, 0.5) is 0 Å². The van der Waals surface area contributed by atoms with Gasteiger partial charge in [0, 0.05) is 4.47 Å². The van der Waals surface area contributed by atoms with Crippen molar-refractivity contribution in [2.45, 2.75) is 19.8 Å². The molecule has 1 nitrogen and oxygen atoms in total. The normalized spacial score (nSPS) is 25.6. The third-order valence-electron chi connectivity index (χ3n) is 3.06. The van der Waals surface area contributed by atoms with Gasteiger partial charge in [-0.05, 0) is 42.9 Å². The molecule has 1 aliphatic rings. The second-order valence-electron chi connectivity index (χ2n) is 4.08. The molecular weight excluding hydrogens is 240 g/mol. The fraction of sp³-hybridized carbons (Fsp3) is 0.500. The molecule has 76 valence electrons. The monoisotopic (exact) mass is 254 g/mol. The summed E-state index contributed by atoms with van der Waals surface area (Å²) in [5.41, 5.74) is 0. The molecule has 0 bridgehead atoms. The van der Waals surface area contributed by atoms with E-state index in [1.165, 1.54) is 12.8 Å². The van der Waals surface area contributed by atoms with Crippen molar-refractivity contribution in [3.05, 3.63) is 28.7 Å². The van der Waals surface area contributed by atoms with E-state index in [0.717, 1.165) is 28.7 Å². The third-order valence-corrected chi connectivity index (χ3v) is 3.55. The highest BCUT2D eigenvalue weighted by Crippen LogP contribution is 2.34. The lowest BCUT2D eigenvalue weighted by molar-refractivity contribution is 0.116. The summed E-state index contributed by atoms with van der Waals surface area (Å²) >= 11 is 3.43. The molecule has 0 N–H and O–H groups in total. The van der Waals surface area contributed by atoms with Crippen molar-refractivity contribution in [3.8, 4) is 5.75 Å².